The first-order chi connectivity index (χ1) is 18.6. The van der Waals surface area contributed by atoms with Crippen LogP contribution in [0.2, 0.25) is 0 Å². The van der Waals surface area contributed by atoms with Crippen LogP contribution in [0.1, 0.15) is 82.1 Å². The highest BCUT2D eigenvalue weighted by Crippen LogP contribution is 2.47. The third-order valence-corrected chi connectivity index (χ3v) is 9.00. The first kappa shape index (κ1) is 27.0. The van der Waals surface area contributed by atoms with Crippen molar-refractivity contribution in [3.8, 4) is 11.8 Å². The number of H-pyrrole nitrogens is 1. The van der Waals surface area contributed by atoms with Gasteiger partial charge in [-0.15, -0.1) is 0 Å². The molecule has 9 nitrogen and oxygen atoms in total. The highest BCUT2D eigenvalue weighted by molar-refractivity contribution is 6.02. The maximum absolute atomic E-state index is 13.9. The smallest absolute Gasteiger partial charge is 0.271 e. The lowest BCUT2D eigenvalue weighted by Crippen LogP contribution is -2.53. The molecule has 39 heavy (non-hydrogen) atoms. The molecule has 1 aromatic heterocycles. The number of nitrogens with zero attached hydrogens (tertiary/aromatic N) is 2. The number of likely N-dealkylation sites (tertiary alicyclic amines) is 1. The van der Waals surface area contributed by atoms with Crippen LogP contribution < -0.4 is 15.4 Å². The third kappa shape index (κ3) is 5.47. The van der Waals surface area contributed by atoms with E-state index >= 15 is 0 Å². The Bertz CT molecular complexity index is 1300. The number of fused-ring (bicyclic) bond motifs is 1. The molecule has 1 aliphatic carbocycles. The number of hydrogen-bond acceptors (Lipinski definition) is 5. The fourth-order valence-electron chi connectivity index (χ4n) is 6.83. The van der Waals surface area contributed by atoms with E-state index in [1.807, 2.05) is 32.0 Å². The summed E-state index contributed by atoms with van der Waals surface area (Å²) in [7, 11) is 1.60. The Kier molecular flexibility index (Phi) is 7.32. The number of carbonyl (C=O) groups is 3. The topological polar surface area (TPSA) is 127 Å². The molecule has 9 heteroatoms. The van der Waals surface area contributed by atoms with Crippen molar-refractivity contribution in [1.29, 1.82) is 5.26 Å². The summed E-state index contributed by atoms with van der Waals surface area (Å²) in [6.07, 6.45) is 7.67. The molecule has 2 aliphatic heterocycles. The molecule has 5 rings (SSSR count). The van der Waals surface area contributed by atoms with Crippen LogP contribution in [0.5, 0.6) is 5.75 Å². The molecule has 3 aliphatic rings. The predicted molar refractivity (Wildman–Crippen MR) is 147 cm³/mol. The van der Waals surface area contributed by atoms with Gasteiger partial charge in [-0.2, -0.15) is 5.26 Å². The fourth-order valence-corrected chi connectivity index (χ4v) is 6.83. The number of nitriles is 1. The molecule has 3 amide bonds. The van der Waals surface area contributed by atoms with E-state index in [1.165, 1.54) is 6.42 Å². The lowest BCUT2D eigenvalue weighted by atomic mass is 9.72. The molecule has 3 fully saturated rings. The standard InChI is InChI=1S/C30H39N5O4/c1-29(2)13-10-19(26(36)34-29)14-20(17-31)32-27(37)24-16-30(11-5-4-6-12-30)18-35(24)28(38)23-15-21-22(33-23)8-7-9-25(21)39-3/h7-9,15,19-20,24,33H,4-6,10-14,16,18H2,1-3H3,(H,32,37)(H,34,36). The number of aromatic amines is 1. The number of ether oxygens (including phenoxy) is 1. The van der Waals surface area contributed by atoms with Gasteiger partial charge in [0.15, 0.2) is 0 Å². The van der Waals surface area contributed by atoms with Crippen molar-refractivity contribution in [3.63, 3.8) is 0 Å². The molecule has 3 heterocycles. The van der Waals surface area contributed by atoms with Crippen LogP contribution in [0, 0.1) is 22.7 Å². The van der Waals surface area contributed by atoms with E-state index in [9.17, 15) is 19.6 Å². The van der Waals surface area contributed by atoms with Crippen molar-refractivity contribution in [2.24, 2.45) is 11.3 Å². The summed E-state index contributed by atoms with van der Waals surface area (Å²) in [6.45, 7) is 4.50. The molecule has 0 bridgehead atoms. The fraction of sp³-hybridized carbons (Fsp3) is 0.600. The molecule has 3 N–H and O–H groups in total. The molecule has 2 saturated heterocycles. The van der Waals surface area contributed by atoms with E-state index in [0.29, 0.717) is 30.8 Å². The largest absolute Gasteiger partial charge is 0.496 e. The molecular weight excluding hydrogens is 494 g/mol. The summed E-state index contributed by atoms with van der Waals surface area (Å²) in [5, 5.41) is 16.6. The van der Waals surface area contributed by atoms with E-state index in [2.05, 4.69) is 21.7 Å². The first-order valence-electron chi connectivity index (χ1n) is 14.1. The summed E-state index contributed by atoms with van der Waals surface area (Å²) in [6, 6.07) is 8.12. The van der Waals surface area contributed by atoms with Crippen molar-refractivity contribution in [1.82, 2.24) is 20.5 Å². The third-order valence-electron chi connectivity index (χ3n) is 9.00. The number of piperidine rings is 1. The van der Waals surface area contributed by atoms with E-state index in [4.69, 9.17) is 4.74 Å². The Labute approximate surface area is 229 Å². The van der Waals surface area contributed by atoms with Gasteiger partial charge in [0.2, 0.25) is 11.8 Å². The van der Waals surface area contributed by atoms with Crippen molar-refractivity contribution in [2.75, 3.05) is 13.7 Å². The Morgan fingerprint density at radius 3 is 2.69 bits per heavy atom. The maximum atomic E-state index is 13.9. The second-order valence-electron chi connectivity index (χ2n) is 12.4. The zero-order valence-corrected chi connectivity index (χ0v) is 23.1. The Hall–Kier alpha value is -3.54. The van der Waals surface area contributed by atoms with Crippen molar-refractivity contribution in [3.05, 3.63) is 30.0 Å². The molecule has 1 aromatic carbocycles. The number of carbonyl (C=O) groups excluding carboxylic acids is 3. The highest BCUT2D eigenvalue weighted by Gasteiger charge is 2.49. The van der Waals surface area contributed by atoms with E-state index in [-0.39, 0.29) is 41.0 Å². The van der Waals surface area contributed by atoms with E-state index < -0.39 is 12.1 Å². The van der Waals surface area contributed by atoms with Gasteiger partial charge in [-0.25, -0.2) is 0 Å². The van der Waals surface area contributed by atoms with Gasteiger partial charge in [-0.1, -0.05) is 25.3 Å². The zero-order chi connectivity index (χ0) is 27.8. The number of hydrogen-bond donors (Lipinski definition) is 3. The Morgan fingerprint density at radius 1 is 1.23 bits per heavy atom. The quantitative estimate of drug-likeness (QED) is 0.516. The Balaban J connectivity index is 1.35. The summed E-state index contributed by atoms with van der Waals surface area (Å²) in [4.78, 5) is 45.1. The van der Waals surface area contributed by atoms with Crippen molar-refractivity contribution < 1.29 is 19.1 Å². The van der Waals surface area contributed by atoms with E-state index in [0.717, 1.165) is 43.0 Å². The number of amides is 3. The van der Waals surface area contributed by atoms with Gasteiger partial charge in [-0.05, 0) is 76.0 Å². The average Bonchev–Trinajstić information content (AvgIpc) is 3.51. The summed E-state index contributed by atoms with van der Waals surface area (Å²) >= 11 is 0. The molecule has 2 aromatic rings. The van der Waals surface area contributed by atoms with Gasteiger partial charge in [0.05, 0.1) is 13.2 Å². The van der Waals surface area contributed by atoms with Gasteiger partial charge < -0.3 is 25.3 Å². The number of rotatable bonds is 6. The minimum atomic E-state index is -0.799. The molecule has 3 unspecified atom stereocenters. The molecule has 1 saturated carbocycles. The number of methoxy groups -OCH3 is 1. The van der Waals surface area contributed by atoms with Crippen LogP contribution in [0.4, 0.5) is 0 Å². The first-order valence-corrected chi connectivity index (χ1v) is 14.1. The lowest BCUT2D eigenvalue weighted by Gasteiger charge is -2.35. The minimum absolute atomic E-state index is 0.0752. The van der Waals surface area contributed by atoms with Crippen molar-refractivity contribution in [2.45, 2.75) is 89.3 Å². The van der Waals surface area contributed by atoms with Gasteiger partial charge >= 0.3 is 0 Å². The van der Waals surface area contributed by atoms with Crippen LogP contribution in [-0.4, -0.2) is 58.9 Å². The van der Waals surface area contributed by atoms with Crippen molar-refractivity contribution >= 4 is 28.6 Å². The molecule has 208 valence electrons. The van der Waals surface area contributed by atoms with Gasteiger partial charge in [0.1, 0.15) is 23.5 Å². The van der Waals surface area contributed by atoms with Crippen LogP contribution >= 0.6 is 0 Å². The number of benzene rings is 1. The second-order valence-corrected chi connectivity index (χ2v) is 12.4. The van der Waals surface area contributed by atoms with Crippen LogP contribution in [0.3, 0.4) is 0 Å². The normalized spacial score (nSPS) is 24.7. The average molecular weight is 534 g/mol. The van der Waals surface area contributed by atoms with Crippen LogP contribution in [-0.2, 0) is 9.59 Å². The number of nitrogens with one attached hydrogen (secondary N) is 3. The van der Waals surface area contributed by atoms with Gasteiger partial charge in [0, 0.05) is 28.9 Å². The van der Waals surface area contributed by atoms with Gasteiger partial charge in [-0.3, -0.25) is 14.4 Å². The molecule has 0 radical (unpaired) electrons. The Morgan fingerprint density at radius 2 is 2.00 bits per heavy atom. The minimum Gasteiger partial charge on any atom is -0.496 e. The molecular formula is C30H39N5O4. The SMILES string of the molecule is COc1cccc2[nH]c(C(=O)N3CC4(CCCCC4)CC3C(=O)NC(C#N)CC3CCC(C)(C)NC3=O)cc12. The highest BCUT2D eigenvalue weighted by atomic mass is 16.5. The second kappa shape index (κ2) is 10.6. The molecule has 1 spiro atoms. The van der Waals surface area contributed by atoms with E-state index in [1.54, 1.807) is 18.1 Å². The zero-order valence-electron chi connectivity index (χ0n) is 23.1. The summed E-state index contributed by atoms with van der Waals surface area (Å²) in [5.74, 6) is -0.265. The van der Waals surface area contributed by atoms with Crippen LogP contribution in [0.25, 0.3) is 10.9 Å². The monoisotopic (exact) mass is 533 g/mol. The lowest BCUT2D eigenvalue weighted by molar-refractivity contribution is -0.130. The molecule has 3 atom stereocenters. The predicted octanol–water partition coefficient (Wildman–Crippen LogP) is 4.04. The van der Waals surface area contributed by atoms with Crippen LogP contribution in [0.15, 0.2) is 24.3 Å². The van der Waals surface area contributed by atoms with Gasteiger partial charge in [0.25, 0.3) is 5.91 Å². The summed E-state index contributed by atoms with van der Waals surface area (Å²) < 4.78 is 5.46. The number of aromatic nitrogens is 1. The maximum Gasteiger partial charge on any atom is 0.271 e. The summed E-state index contributed by atoms with van der Waals surface area (Å²) in [5.41, 5.74) is 0.864.